The zero-order valence-electron chi connectivity index (χ0n) is 12.8. The first kappa shape index (κ1) is 16.5. The van der Waals surface area contributed by atoms with Crippen molar-refractivity contribution in [1.29, 1.82) is 0 Å². The van der Waals surface area contributed by atoms with Crippen LogP contribution >= 0.6 is 27.3 Å². The van der Waals surface area contributed by atoms with Gasteiger partial charge in [0, 0.05) is 10.9 Å². The highest BCUT2D eigenvalue weighted by Gasteiger charge is 2.18. The maximum Gasteiger partial charge on any atom is 0.267 e. The minimum absolute atomic E-state index is 0.166. The van der Waals surface area contributed by atoms with Crippen molar-refractivity contribution in [3.8, 4) is 17.0 Å². The molecule has 0 radical (unpaired) electrons. The van der Waals surface area contributed by atoms with Crippen LogP contribution in [-0.4, -0.2) is 30.1 Å². The van der Waals surface area contributed by atoms with Gasteiger partial charge in [0.15, 0.2) is 0 Å². The van der Waals surface area contributed by atoms with E-state index in [1.807, 2.05) is 30.3 Å². The number of ether oxygens (including phenoxy) is 1. The van der Waals surface area contributed by atoms with E-state index in [0.717, 1.165) is 37.9 Å². The van der Waals surface area contributed by atoms with Crippen LogP contribution in [0.3, 0.4) is 0 Å². The first-order valence-electron chi connectivity index (χ1n) is 7.02. The number of fused-ring (bicyclic) bond motifs is 2. The van der Waals surface area contributed by atoms with E-state index < -0.39 is 10.0 Å². The maximum absolute atomic E-state index is 11.5. The summed E-state index contributed by atoms with van der Waals surface area (Å²) in [6, 6.07) is 9.74. The molecule has 0 fully saturated rings. The highest BCUT2D eigenvalue weighted by atomic mass is 79.9. The normalized spacial score (nSPS) is 12.1. The number of sulfonamides is 1. The summed E-state index contributed by atoms with van der Waals surface area (Å²) in [5.41, 5.74) is 1.53. The summed E-state index contributed by atoms with van der Waals surface area (Å²) in [6.07, 6.45) is 1.65. The van der Waals surface area contributed by atoms with Gasteiger partial charge >= 0.3 is 0 Å². The maximum atomic E-state index is 11.5. The Bertz CT molecular complexity index is 1230. The Morgan fingerprint density at radius 3 is 2.76 bits per heavy atom. The topological polar surface area (TPSA) is 99.6 Å². The third-order valence-corrected chi connectivity index (χ3v) is 6.80. The number of aromatic nitrogens is 3. The van der Waals surface area contributed by atoms with Gasteiger partial charge in [-0.3, -0.25) is 0 Å². The van der Waals surface area contributed by atoms with Crippen molar-refractivity contribution in [3.63, 3.8) is 0 Å². The fourth-order valence-corrected chi connectivity index (χ4v) is 4.70. The van der Waals surface area contributed by atoms with Gasteiger partial charge < -0.3 is 4.74 Å². The molecule has 128 valence electrons. The van der Waals surface area contributed by atoms with Crippen molar-refractivity contribution in [1.82, 2.24) is 14.6 Å². The van der Waals surface area contributed by atoms with Crippen LogP contribution in [-0.2, 0) is 10.0 Å². The summed E-state index contributed by atoms with van der Waals surface area (Å²) >= 11 is 4.49. The van der Waals surface area contributed by atoms with E-state index in [0.29, 0.717) is 10.7 Å². The molecule has 0 bridgehead atoms. The summed E-state index contributed by atoms with van der Waals surface area (Å²) in [5.74, 6) is 0.730. The third kappa shape index (κ3) is 2.71. The number of primary sulfonamides is 1. The van der Waals surface area contributed by atoms with Gasteiger partial charge in [0.2, 0.25) is 9.30 Å². The second-order valence-electron chi connectivity index (χ2n) is 5.27. The number of rotatable bonds is 3. The monoisotopic (exact) mass is 438 g/mol. The van der Waals surface area contributed by atoms with Gasteiger partial charge in [0.25, 0.3) is 10.0 Å². The number of nitrogens with zero attached hydrogens (tertiary/aromatic N) is 3. The van der Waals surface area contributed by atoms with E-state index in [9.17, 15) is 8.42 Å². The summed E-state index contributed by atoms with van der Waals surface area (Å²) in [4.78, 5) is 4.69. The van der Waals surface area contributed by atoms with Crippen LogP contribution in [0.2, 0.25) is 0 Å². The number of nitrogens with two attached hydrogens (primary N) is 1. The van der Waals surface area contributed by atoms with Crippen LogP contribution in [0, 0.1) is 0 Å². The zero-order valence-corrected chi connectivity index (χ0v) is 16.0. The standard InChI is InChI=1S/C15H11BrN4O3S2/c1-23-12-5-4-8-2-3-9(6-10(8)13(12)16)11-7-18-14-20(11)19-15(24-14)25(17,21)22/h2-7H,1H3,(H2,17,21,22). The number of imidazole rings is 1. The van der Waals surface area contributed by atoms with Crippen molar-refractivity contribution in [2.45, 2.75) is 4.34 Å². The molecule has 0 aliphatic heterocycles. The van der Waals surface area contributed by atoms with Crippen LogP contribution in [0.15, 0.2) is 45.3 Å². The fourth-order valence-electron chi connectivity index (χ4n) is 2.57. The molecule has 0 unspecified atom stereocenters. The summed E-state index contributed by atoms with van der Waals surface area (Å²) < 4.78 is 30.5. The van der Waals surface area contributed by atoms with Crippen LogP contribution in [0.5, 0.6) is 5.75 Å². The lowest BCUT2D eigenvalue weighted by Gasteiger charge is -2.08. The highest BCUT2D eigenvalue weighted by molar-refractivity contribution is 9.10. The van der Waals surface area contributed by atoms with E-state index in [1.165, 1.54) is 4.52 Å². The van der Waals surface area contributed by atoms with E-state index in [1.54, 1.807) is 13.3 Å². The second kappa shape index (κ2) is 5.77. The summed E-state index contributed by atoms with van der Waals surface area (Å²) in [7, 11) is -2.25. The molecule has 2 heterocycles. The third-order valence-electron chi connectivity index (χ3n) is 3.75. The van der Waals surface area contributed by atoms with Gasteiger partial charge in [-0.05, 0) is 33.4 Å². The minimum atomic E-state index is -3.86. The van der Waals surface area contributed by atoms with Gasteiger partial charge in [-0.1, -0.05) is 29.5 Å². The lowest BCUT2D eigenvalue weighted by molar-refractivity contribution is 0.413. The zero-order chi connectivity index (χ0) is 17.8. The molecule has 4 aromatic rings. The van der Waals surface area contributed by atoms with E-state index >= 15 is 0 Å². The van der Waals surface area contributed by atoms with E-state index in [-0.39, 0.29) is 4.34 Å². The Morgan fingerprint density at radius 1 is 1.28 bits per heavy atom. The Morgan fingerprint density at radius 2 is 2.04 bits per heavy atom. The molecular formula is C15H11BrN4O3S2. The Balaban J connectivity index is 1.94. The number of methoxy groups -OCH3 is 1. The van der Waals surface area contributed by atoms with Crippen molar-refractivity contribution in [3.05, 3.63) is 41.0 Å². The SMILES string of the molecule is COc1ccc2ccc(-c3cnc4sc(S(N)(=O)=O)nn34)cc2c1Br. The number of hydrogen-bond acceptors (Lipinski definition) is 6. The molecule has 0 saturated carbocycles. The molecule has 0 amide bonds. The molecule has 0 aliphatic rings. The number of benzene rings is 2. The van der Waals surface area contributed by atoms with Gasteiger partial charge in [0.1, 0.15) is 5.75 Å². The predicted molar refractivity (Wildman–Crippen MR) is 99.4 cm³/mol. The van der Waals surface area contributed by atoms with Gasteiger partial charge in [0.05, 0.1) is 23.5 Å². The summed E-state index contributed by atoms with van der Waals surface area (Å²) in [6.45, 7) is 0. The largest absolute Gasteiger partial charge is 0.496 e. The molecule has 2 N–H and O–H groups in total. The Labute approximate surface area is 155 Å². The highest BCUT2D eigenvalue weighted by Crippen LogP contribution is 2.35. The summed E-state index contributed by atoms with van der Waals surface area (Å²) in [5, 5.41) is 11.2. The second-order valence-corrected chi connectivity index (χ2v) is 8.75. The average molecular weight is 439 g/mol. The van der Waals surface area contributed by atoms with Crippen LogP contribution in [0.25, 0.3) is 27.0 Å². The molecule has 0 aliphatic carbocycles. The van der Waals surface area contributed by atoms with Crippen LogP contribution < -0.4 is 9.88 Å². The lowest BCUT2D eigenvalue weighted by Crippen LogP contribution is -2.12. The van der Waals surface area contributed by atoms with Crippen LogP contribution in [0.1, 0.15) is 0 Å². The fraction of sp³-hybridized carbons (Fsp3) is 0.0667. The van der Waals surface area contributed by atoms with Gasteiger partial charge in [-0.2, -0.15) is 0 Å². The number of halogens is 1. The van der Waals surface area contributed by atoms with E-state index in [2.05, 4.69) is 26.0 Å². The molecule has 4 rings (SSSR count). The molecule has 25 heavy (non-hydrogen) atoms. The first-order valence-corrected chi connectivity index (χ1v) is 10.2. The Hall–Kier alpha value is -2.01. The average Bonchev–Trinajstić information content (AvgIpc) is 3.15. The van der Waals surface area contributed by atoms with Gasteiger partial charge in [-0.15, -0.1) is 5.10 Å². The van der Waals surface area contributed by atoms with Crippen molar-refractivity contribution >= 4 is 53.0 Å². The number of hydrogen-bond donors (Lipinski definition) is 1. The van der Waals surface area contributed by atoms with Crippen molar-refractivity contribution in [2.24, 2.45) is 5.14 Å². The smallest absolute Gasteiger partial charge is 0.267 e. The molecule has 0 saturated heterocycles. The molecule has 2 aromatic heterocycles. The van der Waals surface area contributed by atoms with Crippen molar-refractivity contribution < 1.29 is 13.2 Å². The van der Waals surface area contributed by atoms with Crippen molar-refractivity contribution in [2.75, 3.05) is 7.11 Å². The Kier molecular flexibility index (Phi) is 3.80. The van der Waals surface area contributed by atoms with Crippen LogP contribution in [0.4, 0.5) is 0 Å². The molecule has 7 nitrogen and oxygen atoms in total. The first-order chi connectivity index (χ1) is 11.9. The van der Waals surface area contributed by atoms with E-state index in [4.69, 9.17) is 9.88 Å². The molecule has 2 aromatic carbocycles. The molecule has 0 spiro atoms. The quantitative estimate of drug-likeness (QED) is 0.529. The predicted octanol–water partition coefficient (Wildman–Crippen LogP) is 3.03. The van der Waals surface area contributed by atoms with Gasteiger partial charge in [-0.25, -0.2) is 23.1 Å². The lowest BCUT2D eigenvalue weighted by atomic mass is 10.1. The molecule has 0 atom stereocenters. The minimum Gasteiger partial charge on any atom is -0.496 e. The molecule has 10 heteroatoms. The molecular weight excluding hydrogens is 428 g/mol.